The van der Waals surface area contributed by atoms with Gasteiger partial charge in [0.2, 0.25) is 0 Å². The van der Waals surface area contributed by atoms with Crippen molar-refractivity contribution in [3.05, 3.63) is 35.4 Å². The summed E-state index contributed by atoms with van der Waals surface area (Å²) in [6.45, 7) is 2.24. The minimum Gasteiger partial charge on any atom is -0.384 e. The molecule has 1 saturated heterocycles. The summed E-state index contributed by atoms with van der Waals surface area (Å²) in [7, 11) is 0. The fourth-order valence-corrected chi connectivity index (χ4v) is 2.20. The maximum Gasteiger partial charge on any atom is 0.416 e. The van der Waals surface area contributed by atoms with E-state index in [4.69, 9.17) is 4.74 Å². The number of alkyl halides is 3. The van der Waals surface area contributed by atoms with Gasteiger partial charge in [0.15, 0.2) is 0 Å². The number of hydrogen-bond donors (Lipinski definition) is 1. The maximum absolute atomic E-state index is 12.5. The molecular formula is C14H16F3NO3. The Hall–Kier alpha value is -1.60. The number of carbonyl (C=O) groups excluding carboxylic acids is 1. The quantitative estimate of drug-likeness (QED) is 0.909. The van der Waals surface area contributed by atoms with E-state index in [2.05, 4.69) is 0 Å². The van der Waals surface area contributed by atoms with Crippen LogP contribution >= 0.6 is 0 Å². The highest BCUT2D eigenvalue weighted by atomic mass is 19.4. The van der Waals surface area contributed by atoms with Crippen LogP contribution in [-0.2, 0) is 15.7 Å². The van der Waals surface area contributed by atoms with Crippen LogP contribution in [0.25, 0.3) is 0 Å². The smallest absolute Gasteiger partial charge is 0.384 e. The van der Waals surface area contributed by atoms with Gasteiger partial charge in [0, 0.05) is 6.54 Å². The largest absolute Gasteiger partial charge is 0.416 e. The second kappa shape index (κ2) is 6.03. The van der Waals surface area contributed by atoms with Gasteiger partial charge < -0.3 is 14.7 Å². The summed E-state index contributed by atoms with van der Waals surface area (Å²) in [6, 6.07) is 4.69. The van der Waals surface area contributed by atoms with Gasteiger partial charge in [-0.15, -0.1) is 0 Å². The van der Waals surface area contributed by atoms with E-state index in [-0.39, 0.29) is 13.2 Å². The topological polar surface area (TPSA) is 49.8 Å². The molecule has 1 fully saturated rings. The Morgan fingerprint density at radius 1 is 1.38 bits per heavy atom. The molecule has 0 aliphatic carbocycles. The monoisotopic (exact) mass is 303 g/mol. The molecule has 1 N–H and O–H groups in total. The lowest BCUT2D eigenvalue weighted by atomic mass is 10.0. The van der Waals surface area contributed by atoms with E-state index in [1.165, 1.54) is 24.0 Å². The van der Waals surface area contributed by atoms with Crippen molar-refractivity contribution >= 4 is 5.91 Å². The highest BCUT2D eigenvalue weighted by Gasteiger charge is 2.31. The molecule has 4 nitrogen and oxygen atoms in total. The molecule has 7 heteroatoms. The Balaban J connectivity index is 2.09. The van der Waals surface area contributed by atoms with Crippen molar-refractivity contribution in [3.63, 3.8) is 0 Å². The predicted molar refractivity (Wildman–Crippen MR) is 68.4 cm³/mol. The summed E-state index contributed by atoms with van der Waals surface area (Å²) in [5.74, 6) is -0.407. The number of hydrogen-bond acceptors (Lipinski definition) is 3. The first kappa shape index (κ1) is 15.8. The van der Waals surface area contributed by atoms with E-state index in [0.29, 0.717) is 12.1 Å². The zero-order valence-electron chi connectivity index (χ0n) is 11.4. The van der Waals surface area contributed by atoms with Gasteiger partial charge in [-0.25, -0.2) is 0 Å². The molecule has 116 valence electrons. The van der Waals surface area contributed by atoms with Crippen LogP contribution in [0.3, 0.4) is 0 Å². The summed E-state index contributed by atoms with van der Waals surface area (Å²) in [6.07, 6.45) is -5.96. The third kappa shape index (κ3) is 3.74. The molecule has 1 aliphatic rings. The Morgan fingerprint density at radius 2 is 2.00 bits per heavy atom. The molecule has 1 heterocycles. The molecule has 2 atom stereocenters. The molecule has 0 radical (unpaired) electrons. The summed E-state index contributed by atoms with van der Waals surface area (Å²) in [4.78, 5) is 13.2. The Bertz CT molecular complexity index is 499. The molecule has 0 bridgehead atoms. The normalized spacial score (nSPS) is 21.2. The number of benzene rings is 1. The van der Waals surface area contributed by atoms with Crippen LogP contribution in [0, 0.1) is 0 Å². The number of halogens is 3. The first-order valence-electron chi connectivity index (χ1n) is 6.54. The summed E-state index contributed by atoms with van der Waals surface area (Å²) in [5, 5.41) is 9.30. The van der Waals surface area contributed by atoms with E-state index < -0.39 is 29.9 Å². The Kier molecular flexibility index (Phi) is 4.53. The number of amides is 1. The SMILES string of the molecule is C[C@H](O)C(=O)N1CCO[C@H](c2ccc(C(F)(F)F)cc2)C1. The van der Waals surface area contributed by atoms with Gasteiger partial charge >= 0.3 is 6.18 Å². The van der Waals surface area contributed by atoms with Gasteiger partial charge in [0.25, 0.3) is 5.91 Å². The van der Waals surface area contributed by atoms with Crippen LogP contribution < -0.4 is 0 Å². The van der Waals surface area contributed by atoms with Crippen molar-refractivity contribution in [1.29, 1.82) is 0 Å². The lowest BCUT2D eigenvalue weighted by molar-refractivity contribution is -0.147. The molecule has 0 unspecified atom stereocenters. The lowest BCUT2D eigenvalue weighted by Crippen LogP contribution is -2.45. The third-order valence-electron chi connectivity index (χ3n) is 3.35. The van der Waals surface area contributed by atoms with E-state index in [1.54, 1.807) is 0 Å². The number of ether oxygens (including phenoxy) is 1. The molecule has 1 aromatic carbocycles. The molecule has 0 aromatic heterocycles. The second-order valence-electron chi connectivity index (χ2n) is 4.94. The predicted octanol–water partition coefficient (Wildman–Crippen LogP) is 1.99. The molecule has 2 rings (SSSR count). The van der Waals surface area contributed by atoms with Crippen molar-refractivity contribution in [3.8, 4) is 0 Å². The van der Waals surface area contributed by atoms with Crippen molar-refractivity contribution in [2.24, 2.45) is 0 Å². The highest BCUT2D eigenvalue weighted by molar-refractivity contribution is 5.80. The molecule has 0 saturated carbocycles. The van der Waals surface area contributed by atoms with E-state index in [0.717, 1.165) is 12.1 Å². The van der Waals surface area contributed by atoms with Crippen molar-refractivity contribution < 1.29 is 27.8 Å². The standard InChI is InChI=1S/C14H16F3NO3/c1-9(19)13(20)18-6-7-21-12(8-18)10-2-4-11(5-3-10)14(15,16)17/h2-5,9,12,19H,6-8H2,1H3/t9-,12-/m0/s1. The summed E-state index contributed by atoms with van der Waals surface area (Å²) in [5.41, 5.74) is -0.148. The van der Waals surface area contributed by atoms with E-state index >= 15 is 0 Å². The van der Waals surface area contributed by atoms with Crippen LogP contribution in [0.1, 0.15) is 24.2 Å². The second-order valence-corrected chi connectivity index (χ2v) is 4.94. The van der Waals surface area contributed by atoms with E-state index in [9.17, 15) is 23.1 Å². The first-order valence-corrected chi connectivity index (χ1v) is 6.54. The van der Waals surface area contributed by atoms with Gasteiger partial charge in [0.05, 0.1) is 18.7 Å². The molecule has 0 spiro atoms. The number of rotatable bonds is 2. The maximum atomic E-state index is 12.5. The van der Waals surface area contributed by atoms with Crippen LogP contribution in [0.4, 0.5) is 13.2 Å². The van der Waals surface area contributed by atoms with Crippen molar-refractivity contribution in [1.82, 2.24) is 4.90 Å². The van der Waals surface area contributed by atoms with Crippen LogP contribution in [-0.4, -0.2) is 41.7 Å². The van der Waals surface area contributed by atoms with Crippen LogP contribution in [0.15, 0.2) is 24.3 Å². The molecule has 1 aromatic rings. The fourth-order valence-electron chi connectivity index (χ4n) is 2.20. The fraction of sp³-hybridized carbons (Fsp3) is 0.500. The van der Waals surface area contributed by atoms with Crippen LogP contribution in [0.5, 0.6) is 0 Å². The third-order valence-corrected chi connectivity index (χ3v) is 3.35. The van der Waals surface area contributed by atoms with Crippen molar-refractivity contribution in [2.75, 3.05) is 19.7 Å². The first-order chi connectivity index (χ1) is 9.79. The lowest BCUT2D eigenvalue weighted by Gasteiger charge is -2.34. The van der Waals surface area contributed by atoms with Crippen molar-refractivity contribution in [2.45, 2.75) is 25.3 Å². The van der Waals surface area contributed by atoms with Crippen LogP contribution in [0.2, 0.25) is 0 Å². The van der Waals surface area contributed by atoms with Gasteiger partial charge in [-0.1, -0.05) is 12.1 Å². The Morgan fingerprint density at radius 3 is 2.52 bits per heavy atom. The minimum absolute atomic E-state index is 0.217. The molecule has 1 amide bonds. The number of nitrogens with zero attached hydrogens (tertiary/aromatic N) is 1. The summed E-state index contributed by atoms with van der Waals surface area (Å²) < 4.78 is 43.0. The zero-order chi connectivity index (χ0) is 15.6. The summed E-state index contributed by atoms with van der Waals surface area (Å²) >= 11 is 0. The average molecular weight is 303 g/mol. The van der Waals surface area contributed by atoms with Gasteiger partial charge in [-0.2, -0.15) is 13.2 Å². The van der Waals surface area contributed by atoms with Gasteiger partial charge in [-0.3, -0.25) is 4.79 Å². The van der Waals surface area contributed by atoms with E-state index in [1.807, 2.05) is 0 Å². The van der Waals surface area contributed by atoms with Gasteiger partial charge in [-0.05, 0) is 24.6 Å². The molecular weight excluding hydrogens is 287 g/mol. The Labute approximate surface area is 120 Å². The zero-order valence-corrected chi connectivity index (χ0v) is 11.4. The minimum atomic E-state index is -4.37. The number of morpholine rings is 1. The van der Waals surface area contributed by atoms with Gasteiger partial charge in [0.1, 0.15) is 12.2 Å². The number of aliphatic hydroxyl groups excluding tert-OH is 1. The average Bonchev–Trinajstić information content (AvgIpc) is 2.46. The number of aliphatic hydroxyl groups is 1. The highest BCUT2D eigenvalue weighted by Crippen LogP contribution is 2.31. The number of carbonyl (C=O) groups is 1. The molecule has 21 heavy (non-hydrogen) atoms. The molecule has 1 aliphatic heterocycles.